The fourth-order valence-corrected chi connectivity index (χ4v) is 3.49. The summed E-state index contributed by atoms with van der Waals surface area (Å²) in [6, 6.07) is 17.3. The number of nitrogens with two attached hydrogens (primary N) is 1. The van der Waals surface area contributed by atoms with Crippen LogP contribution < -0.4 is 11.1 Å². The third kappa shape index (κ3) is 3.79. The third-order valence-corrected chi connectivity index (χ3v) is 4.71. The molecule has 2 aromatic rings. The van der Waals surface area contributed by atoms with E-state index in [4.69, 9.17) is 5.73 Å². The van der Waals surface area contributed by atoms with Crippen LogP contribution in [0.1, 0.15) is 11.1 Å². The molecule has 0 radical (unpaired) electrons. The fourth-order valence-electron chi connectivity index (χ4n) is 2.55. The minimum absolute atomic E-state index is 0.656. The predicted octanol–water partition coefficient (Wildman–Crippen LogP) is 3.12. The van der Waals surface area contributed by atoms with Crippen molar-refractivity contribution in [2.75, 3.05) is 25.0 Å². The van der Waals surface area contributed by atoms with Crippen LogP contribution in [0.3, 0.4) is 0 Å². The Kier molecular flexibility index (Phi) is 4.80. The van der Waals surface area contributed by atoms with Crippen molar-refractivity contribution in [3.05, 3.63) is 59.7 Å². The van der Waals surface area contributed by atoms with Crippen LogP contribution in [0.25, 0.3) is 0 Å². The standard InChI is InChI=1S/C17H21N3S/c18-10-11-19-16-5-7-17(8-6-16)21-20-12-9-14-3-1-2-4-15(14)13-20/h1-8,19H,9-13,18H2. The lowest BCUT2D eigenvalue weighted by atomic mass is 10.0. The maximum absolute atomic E-state index is 5.50. The van der Waals surface area contributed by atoms with Gasteiger partial charge >= 0.3 is 0 Å². The Morgan fingerprint density at radius 2 is 1.81 bits per heavy atom. The van der Waals surface area contributed by atoms with E-state index in [0.29, 0.717) is 6.54 Å². The fraction of sp³-hybridized carbons (Fsp3) is 0.294. The highest BCUT2D eigenvalue weighted by Gasteiger charge is 2.16. The van der Waals surface area contributed by atoms with Gasteiger partial charge in [-0.2, -0.15) is 0 Å². The van der Waals surface area contributed by atoms with Gasteiger partial charge in [0, 0.05) is 36.8 Å². The van der Waals surface area contributed by atoms with Crippen LogP contribution in [-0.4, -0.2) is 23.9 Å². The number of rotatable bonds is 5. The maximum atomic E-state index is 5.50. The van der Waals surface area contributed by atoms with Gasteiger partial charge in [-0.1, -0.05) is 24.3 Å². The van der Waals surface area contributed by atoms with Crippen molar-refractivity contribution in [1.82, 2.24) is 4.31 Å². The molecule has 0 aromatic heterocycles. The van der Waals surface area contributed by atoms with Crippen LogP contribution in [0.2, 0.25) is 0 Å². The molecule has 0 saturated heterocycles. The van der Waals surface area contributed by atoms with E-state index in [0.717, 1.165) is 31.7 Å². The van der Waals surface area contributed by atoms with Gasteiger partial charge < -0.3 is 11.1 Å². The molecule has 3 nitrogen and oxygen atoms in total. The van der Waals surface area contributed by atoms with Crippen molar-refractivity contribution in [1.29, 1.82) is 0 Å². The molecular weight excluding hydrogens is 278 g/mol. The highest BCUT2D eigenvalue weighted by atomic mass is 32.2. The van der Waals surface area contributed by atoms with Crippen molar-refractivity contribution in [2.24, 2.45) is 5.73 Å². The molecule has 0 unspecified atom stereocenters. The first-order chi connectivity index (χ1) is 10.3. The summed E-state index contributed by atoms with van der Waals surface area (Å²) in [5.74, 6) is 0. The molecule has 0 aliphatic carbocycles. The molecule has 0 atom stereocenters. The van der Waals surface area contributed by atoms with E-state index >= 15 is 0 Å². The van der Waals surface area contributed by atoms with Crippen molar-refractivity contribution in [3.8, 4) is 0 Å². The molecule has 1 aliphatic rings. The van der Waals surface area contributed by atoms with Crippen molar-refractivity contribution < 1.29 is 0 Å². The zero-order chi connectivity index (χ0) is 14.5. The topological polar surface area (TPSA) is 41.3 Å². The lowest BCUT2D eigenvalue weighted by Crippen LogP contribution is -2.24. The van der Waals surface area contributed by atoms with Gasteiger partial charge in [0.05, 0.1) is 0 Å². The van der Waals surface area contributed by atoms with Crippen LogP contribution in [-0.2, 0) is 13.0 Å². The minimum atomic E-state index is 0.656. The molecule has 0 bridgehead atoms. The molecule has 0 spiro atoms. The number of nitrogens with one attached hydrogen (secondary N) is 1. The lowest BCUT2D eigenvalue weighted by molar-refractivity contribution is 0.444. The van der Waals surface area contributed by atoms with E-state index in [1.54, 1.807) is 0 Å². The SMILES string of the molecule is NCCNc1ccc(SN2CCc3ccccc3C2)cc1. The molecule has 110 valence electrons. The number of hydrogen-bond acceptors (Lipinski definition) is 4. The lowest BCUT2D eigenvalue weighted by Gasteiger charge is -2.27. The van der Waals surface area contributed by atoms with E-state index in [1.165, 1.54) is 16.0 Å². The van der Waals surface area contributed by atoms with Crippen LogP contribution in [0, 0.1) is 0 Å². The Morgan fingerprint density at radius 1 is 1.05 bits per heavy atom. The summed E-state index contributed by atoms with van der Waals surface area (Å²) in [4.78, 5) is 1.28. The van der Waals surface area contributed by atoms with Gasteiger partial charge in [0.25, 0.3) is 0 Å². The number of nitrogens with zero attached hydrogens (tertiary/aromatic N) is 1. The quantitative estimate of drug-likeness (QED) is 0.832. The highest BCUT2D eigenvalue weighted by molar-refractivity contribution is 7.97. The Morgan fingerprint density at radius 3 is 2.57 bits per heavy atom. The van der Waals surface area contributed by atoms with Crippen LogP contribution in [0.4, 0.5) is 5.69 Å². The number of benzene rings is 2. The molecular formula is C17H21N3S. The first-order valence-corrected chi connectivity index (χ1v) is 8.16. The average Bonchev–Trinajstić information content (AvgIpc) is 2.54. The highest BCUT2D eigenvalue weighted by Crippen LogP contribution is 2.29. The van der Waals surface area contributed by atoms with E-state index in [9.17, 15) is 0 Å². The molecule has 2 aromatic carbocycles. The van der Waals surface area contributed by atoms with Gasteiger partial charge in [0.1, 0.15) is 0 Å². The molecule has 0 saturated carbocycles. The zero-order valence-electron chi connectivity index (χ0n) is 12.1. The normalized spacial score (nSPS) is 14.7. The molecule has 3 N–H and O–H groups in total. The second-order valence-corrected chi connectivity index (χ2v) is 6.38. The van der Waals surface area contributed by atoms with Crippen LogP contribution in [0.15, 0.2) is 53.4 Å². The second kappa shape index (κ2) is 6.98. The van der Waals surface area contributed by atoms with Gasteiger partial charge in [0.15, 0.2) is 0 Å². The summed E-state index contributed by atoms with van der Waals surface area (Å²) in [6.45, 7) is 3.60. The molecule has 1 heterocycles. The monoisotopic (exact) mass is 299 g/mol. The molecule has 1 aliphatic heterocycles. The van der Waals surface area contributed by atoms with E-state index in [1.807, 2.05) is 11.9 Å². The first-order valence-electron chi connectivity index (χ1n) is 7.39. The van der Waals surface area contributed by atoms with E-state index < -0.39 is 0 Å². The zero-order valence-corrected chi connectivity index (χ0v) is 12.9. The molecule has 21 heavy (non-hydrogen) atoms. The summed E-state index contributed by atoms with van der Waals surface area (Å²) < 4.78 is 2.44. The molecule has 0 fully saturated rings. The summed E-state index contributed by atoms with van der Waals surface area (Å²) in [6.07, 6.45) is 1.14. The largest absolute Gasteiger partial charge is 0.384 e. The van der Waals surface area contributed by atoms with Crippen molar-refractivity contribution in [2.45, 2.75) is 17.9 Å². The van der Waals surface area contributed by atoms with Gasteiger partial charge in [-0.15, -0.1) is 0 Å². The number of anilines is 1. The molecule has 3 rings (SSSR count). The Bertz CT molecular complexity index is 583. The van der Waals surface area contributed by atoms with Gasteiger partial charge in [-0.3, -0.25) is 0 Å². The smallest absolute Gasteiger partial charge is 0.0346 e. The van der Waals surface area contributed by atoms with Gasteiger partial charge in [-0.05, 0) is 53.8 Å². The summed E-state index contributed by atoms with van der Waals surface area (Å²) >= 11 is 1.84. The summed E-state index contributed by atoms with van der Waals surface area (Å²) in [7, 11) is 0. The Balaban J connectivity index is 1.60. The van der Waals surface area contributed by atoms with Gasteiger partial charge in [0.2, 0.25) is 0 Å². The average molecular weight is 299 g/mol. The maximum Gasteiger partial charge on any atom is 0.0346 e. The second-order valence-electron chi connectivity index (χ2n) is 5.21. The van der Waals surface area contributed by atoms with Crippen molar-refractivity contribution >= 4 is 17.6 Å². The Hall–Kier alpha value is -1.49. The predicted molar refractivity (Wildman–Crippen MR) is 90.4 cm³/mol. The summed E-state index contributed by atoms with van der Waals surface area (Å²) in [5.41, 5.74) is 9.58. The summed E-state index contributed by atoms with van der Waals surface area (Å²) in [5, 5.41) is 3.29. The van der Waals surface area contributed by atoms with Crippen molar-refractivity contribution in [3.63, 3.8) is 0 Å². The number of fused-ring (bicyclic) bond motifs is 1. The van der Waals surface area contributed by atoms with Crippen LogP contribution in [0.5, 0.6) is 0 Å². The van der Waals surface area contributed by atoms with E-state index in [2.05, 4.69) is 58.2 Å². The molecule has 4 heteroatoms. The van der Waals surface area contributed by atoms with Gasteiger partial charge in [-0.25, -0.2) is 4.31 Å². The molecule has 0 amide bonds. The number of hydrogen-bond donors (Lipinski definition) is 2. The Labute approximate surface area is 130 Å². The third-order valence-electron chi connectivity index (χ3n) is 3.66. The first kappa shape index (κ1) is 14.4. The minimum Gasteiger partial charge on any atom is -0.384 e. The van der Waals surface area contributed by atoms with E-state index in [-0.39, 0.29) is 0 Å². The van der Waals surface area contributed by atoms with Crippen LogP contribution >= 0.6 is 11.9 Å².